The van der Waals surface area contributed by atoms with Crippen LogP contribution in [0.4, 0.5) is 11.6 Å². The van der Waals surface area contributed by atoms with E-state index in [0.717, 1.165) is 67.0 Å². The van der Waals surface area contributed by atoms with Crippen LogP contribution in [-0.2, 0) is 14.1 Å². The summed E-state index contributed by atoms with van der Waals surface area (Å²) in [5, 5.41) is 1.73. The van der Waals surface area contributed by atoms with Crippen LogP contribution in [0.15, 0.2) is 117 Å². The average molecular weight is 705 g/mol. The maximum absolute atomic E-state index is 5.38. The van der Waals surface area contributed by atoms with Gasteiger partial charge in [0.25, 0.3) is 0 Å². The molecule has 0 saturated heterocycles. The van der Waals surface area contributed by atoms with Gasteiger partial charge in [-0.05, 0) is 130 Å². The predicted octanol–water partition coefficient (Wildman–Crippen LogP) is 8.82. The van der Waals surface area contributed by atoms with Crippen molar-refractivity contribution in [3.63, 3.8) is 0 Å². The molecule has 0 bridgehead atoms. The molecule has 0 N–H and O–H groups in total. The summed E-state index contributed by atoms with van der Waals surface area (Å²) < 4.78 is 25.5. The van der Waals surface area contributed by atoms with E-state index in [4.69, 9.17) is 38.9 Å². The molecule has 10 nitrogen and oxygen atoms in total. The second-order valence-corrected chi connectivity index (χ2v) is 13.0. The van der Waals surface area contributed by atoms with Gasteiger partial charge in [0.2, 0.25) is 0 Å². The minimum Gasteiger partial charge on any atom is -0.497 e. The van der Waals surface area contributed by atoms with Crippen LogP contribution in [-0.4, -0.2) is 60.0 Å². The number of imidazole rings is 2. The van der Waals surface area contributed by atoms with Gasteiger partial charge in [-0.1, -0.05) is 0 Å². The normalized spacial score (nSPS) is 11.4. The maximum atomic E-state index is 5.38. The van der Waals surface area contributed by atoms with Crippen molar-refractivity contribution in [2.24, 2.45) is 24.1 Å². The quantitative estimate of drug-likeness (QED) is 0.0870. The minimum atomic E-state index is 0.590. The van der Waals surface area contributed by atoms with Gasteiger partial charge in [0.1, 0.15) is 44.7 Å². The zero-order chi connectivity index (χ0) is 35.0. The number of rotatable bonds is 13. The van der Waals surface area contributed by atoms with Gasteiger partial charge in [0, 0.05) is 37.7 Å². The smallest absolute Gasteiger partial charge is 0.185 e. The van der Waals surface area contributed by atoms with Crippen LogP contribution in [0.3, 0.4) is 0 Å². The molecule has 4 aromatic carbocycles. The fourth-order valence-electron chi connectivity index (χ4n) is 5.02. The predicted molar refractivity (Wildman–Crippen MR) is 203 cm³/mol. The maximum Gasteiger partial charge on any atom is 0.185 e. The molecule has 0 amide bonds. The Morgan fingerprint density at radius 3 is 1.08 bits per heavy atom. The van der Waals surface area contributed by atoms with Gasteiger partial charge in [-0.2, -0.15) is 0 Å². The molecule has 0 unspecified atom stereocenters. The zero-order valence-electron chi connectivity index (χ0n) is 28.5. The molecule has 6 aromatic rings. The van der Waals surface area contributed by atoms with Crippen molar-refractivity contribution in [3.8, 4) is 45.8 Å². The number of methoxy groups -OCH3 is 4. The number of aliphatic imine (C=N–C) groups is 2. The van der Waals surface area contributed by atoms with E-state index in [1.807, 2.05) is 124 Å². The van der Waals surface area contributed by atoms with E-state index >= 15 is 0 Å². The Balaban J connectivity index is 1.38. The topological polar surface area (TPSA) is 97.3 Å². The molecule has 2 aromatic heterocycles. The van der Waals surface area contributed by atoms with Gasteiger partial charge in [0.05, 0.1) is 28.4 Å². The molecule has 0 radical (unpaired) electrons. The molecule has 0 aliphatic heterocycles. The van der Waals surface area contributed by atoms with Crippen molar-refractivity contribution in [1.29, 1.82) is 0 Å². The monoisotopic (exact) mass is 704 g/mol. The Labute approximate surface area is 299 Å². The third kappa shape index (κ3) is 7.72. The number of hydrogen-bond acceptors (Lipinski definition) is 10. The Morgan fingerprint density at radius 1 is 0.480 bits per heavy atom. The van der Waals surface area contributed by atoms with Gasteiger partial charge < -0.3 is 28.1 Å². The molecule has 0 fully saturated rings. The highest BCUT2D eigenvalue weighted by atomic mass is 33.1. The molecule has 0 aliphatic carbocycles. The first-order valence-corrected chi connectivity index (χ1v) is 17.7. The van der Waals surface area contributed by atoms with Crippen LogP contribution >= 0.6 is 21.6 Å². The van der Waals surface area contributed by atoms with E-state index in [1.54, 1.807) is 50.0 Å². The Hall–Kier alpha value is -5.46. The number of hydrogen-bond donors (Lipinski definition) is 0. The molecule has 2 heterocycles. The van der Waals surface area contributed by atoms with Crippen molar-refractivity contribution >= 4 is 45.7 Å². The Kier molecular flexibility index (Phi) is 10.9. The third-order valence-corrected chi connectivity index (χ3v) is 10.4. The van der Waals surface area contributed by atoms with Crippen molar-refractivity contribution in [3.05, 3.63) is 108 Å². The van der Waals surface area contributed by atoms with Crippen molar-refractivity contribution in [2.75, 3.05) is 28.4 Å². The molecule has 0 spiro atoms. The molecule has 254 valence electrons. The highest BCUT2D eigenvalue weighted by Crippen LogP contribution is 2.47. The summed E-state index contributed by atoms with van der Waals surface area (Å²) >= 11 is 0. The summed E-state index contributed by atoms with van der Waals surface area (Å²) in [4.78, 5) is 19.7. The number of benzene rings is 4. The summed E-state index contributed by atoms with van der Waals surface area (Å²) in [7, 11) is 13.7. The van der Waals surface area contributed by atoms with Crippen LogP contribution in [0.5, 0.6) is 23.0 Å². The van der Waals surface area contributed by atoms with Crippen molar-refractivity contribution in [1.82, 2.24) is 19.1 Å². The van der Waals surface area contributed by atoms with Crippen LogP contribution in [0.2, 0.25) is 0 Å². The SMILES string of the molecule is COc1ccc(/C=N/c2nc(-c3ccc(OC)cc3)n(C)c2SSc2c(/N=C/c3ccc(OC)cc3)nc(-c3ccc(OC)cc3)n2C)cc1. The fourth-order valence-corrected chi connectivity index (χ4v) is 7.51. The molecular weight excluding hydrogens is 669 g/mol. The number of nitrogens with zero attached hydrogens (tertiary/aromatic N) is 6. The van der Waals surface area contributed by atoms with Gasteiger partial charge in [0.15, 0.2) is 11.6 Å². The molecule has 12 heteroatoms. The molecule has 6 rings (SSSR count). The second-order valence-electron chi connectivity index (χ2n) is 10.9. The fraction of sp³-hybridized carbons (Fsp3) is 0.158. The largest absolute Gasteiger partial charge is 0.497 e. The van der Waals surface area contributed by atoms with Crippen LogP contribution in [0, 0.1) is 0 Å². The lowest BCUT2D eigenvalue weighted by Gasteiger charge is -2.08. The minimum absolute atomic E-state index is 0.590. The lowest BCUT2D eigenvalue weighted by Crippen LogP contribution is -1.95. The molecule has 0 saturated carbocycles. The summed E-state index contributed by atoms with van der Waals surface area (Å²) in [6, 6.07) is 31.1. The first-order chi connectivity index (χ1) is 24.4. The molecule has 50 heavy (non-hydrogen) atoms. The number of aromatic nitrogens is 4. The van der Waals surface area contributed by atoms with Gasteiger partial charge in [-0.25, -0.2) is 20.0 Å². The van der Waals surface area contributed by atoms with Crippen molar-refractivity contribution in [2.45, 2.75) is 10.1 Å². The van der Waals surface area contributed by atoms with Gasteiger partial charge >= 0.3 is 0 Å². The van der Waals surface area contributed by atoms with E-state index in [9.17, 15) is 0 Å². The Morgan fingerprint density at radius 2 is 0.780 bits per heavy atom. The molecule has 0 atom stereocenters. The first kappa shape index (κ1) is 34.4. The Bertz CT molecular complexity index is 1950. The van der Waals surface area contributed by atoms with E-state index in [1.165, 1.54) is 0 Å². The first-order valence-electron chi connectivity index (χ1n) is 15.5. The number of ether oxygens (including phenoxy) is 4. The zero-order valence-corrected chi connectivity index (χ0v) is 30.2. The lowest BCUT2D eigenvalue weighted by atomic mass is 10.2. The van der Waals surface area contributed by atoms with E-state index in [2.05, 4.69) is 9.13 Å². The van der Waals surface area contributed by atoms with Crippen LogP contribution in [0.25, 0.3) is 22.8 Å². The average Bonchev–Trinajstić information content (AvgIpc) is 3.66. The molecular formula is C38H36N6O4S2. The highest BCUT2D eigenvalue weighted by molar-refractivity contribution is 8.76. The van der Waals surface area contributed by atoms with Crippen LogP contribution < -0.4 is 18.9 Å². The van der Waals surface area contributed by atoms with Gasteiger partial charge in [-0.15, -0.1) is 0 Å². The standard InChI is InChI=1S/C38H36N6O4S2/c1-43-35(27-11-19-31(47-5)20-12-27)41-33(39-23-25-7-15-29(45-3)16-8-25)37(43)49-50-38-34(40-24-26-9-17-30(46-4)18-10-26)42-36(44(38)2)28-13-21-32(48-6)22-14-28/h7-24H,1-6H3/b39-23+,40-24+. The summed E-state index contributed by atoms with van der Waals surface area (Å²) in [6.45, 7) is 0. The third-order valence-electron chi connectivity index (χ3n) is 7.85. The molecule has 0 aliphatic rings. The van der Waals surface area contributed by atoms with E-state index < -0.39 is 0 Å². The summed E-state index contributed by atoms with van der Waals surface area (Å²) in [6.07, 6.45) is 3.62. The van der Waals surface area contributed by atoms with Gasteiger partial charge in [-0.3, -0.25) is 0 Å². The summed E-state index contributed by atoms with van der Waals surface area (Å²) in [5.74, 6) is 5.85. The van der Waals surface area contributed by atoms with Crippen molar-refractivity contribution < 1.29 is 18.9 Å². The lowest BCUT2D eigenvalue weighted by molar-refractivity contribution is 0.414. The van der Waals surface area contributed by atoms with Crippen LogP contribution in [0.1, 0.15) is 11.1 Å². The second kappa shape index (κ2) is 15.8. The highest BCUT2D eigenvalue weighted by Gasteiger charge is 2.21. The van der Waals surface area contributed by atoms with E-state index in [-0.39, 0.29) is 0 Å². The van der Waals surface area contributed by atoms with E-state index in [0.29, 0.717) is 11.6 Å². The summed E-state index contributed by atoms with van der Waals surface area (Å²) in [5.41, 5.74) is 3.74.